The fourth-order valence-electron chi connectivity index (χ4n) is 2.92. The van der Waals surface area contributed by atoms with Crippen LogP contribution in [0.3, 0.4) is 0 Å². The second-order valence-electron chi connectivity index (χ2n) is 6.54. The molecule has 2 aromatic rings. The van der Waals surface area contributed by atoms with Gasteiger partial charge in [-0.05, 0) is 49.8 Å². The second kappa shape index (κ2) is 8.13. The smallest absolute Gasteiger partial charge is 0.284 e. The summed E-state index contributed by atoms with van der Waals surface area (Å²) in [6, 6.07) is 7.87. The predicted octanol–water partition coefficient (Wildman–Crippen LogP) is 4.69. The van der Waals surface area contributed by atoms with E-state index in [1.54, 1.807) is 0 Å². The lowest BCUT2D eigenvalue weighted by Gasteiger charge is -2.13. The minimum absolute atomic E-state index is 0.00108. The molecule has 0 N–H and O–H groups in total. The Kier molecular flexibility index (Phi) is 6.18. The van der Waals surface area contributed by atoms with E-state index in [4.69, 9.17) is 4.74 Å². The first-order valence-electron chi connectivity index (χ1n) is 8.75. The number of unbranched alkanes of at least 4 members (excludes halogenated alkanes) is 1. The molecule has 0 bridgehead atoms. The van der Waals surface area contributed by atoms with E-state index in [0.717, 1.165) is 42.0 Å². The van der Waals surface area contributed by atoms with Crippen LogP contribution < -0.4 is 4.74 Å². The van der Waals surface area contributed by atoms with Gasteiger partial charge in [0.2, 0.25) is 0 Å². The summed E-state index contributed by atoms with van der Waals surface area (Å²) in [7, 11) is 0. The van der Waals surface area contributed by atoms with E-state index >= 15 is 0 Å². The number of carbonyl (C=O) groups is 1. The molecule has 1 heterocycles. The number of aromatic nitrogens is 2. The lowest BCUT2D eigenvalue weighted by Crippen LogP contribution is -2.22. The fourth-order valence-corrected chi connectivity index (χ4v) is 2.92. The number of aryl methyl sites for hydroxylation is 1. The lowest BCUT2D eigenvalue weighted by molar-refractivity contribution is 0.0817. The molecule has 0 spiro atoms. The molecule has 1 aromatic carbocycles. The van der Waals surface area contributed by atoms with Crippen LogP contribution >= 0.6 is 0 Å². The molecule has 0 atom stereocenters. The first-order chi connectivity index (χ1) is 11.5. The molecule has 24 heavy (non-hydrogen) atoms. The van der Waals surface area contributed by atoms with Crippen LogP contribution in [-0.4, -0.2) is 22.3 Å². The van der Waals surface area contributed by atoms with Crippen molar-refractivity contribution in [2.75, 3.05) is 6.61 Å². The minimum Gasteiger partial charge on any atom is -0.483 e. The van der Waals surface area contributed by atoms with E-state index in [2.05, 4.69) is 25.9 Å². The van der Waals surface area contributed by atoms with Gasteiger partial charge in [-0.1, -0.05) is 45.4 Å². The highest BCUT2D eigenvalue weighted by Gasteiger charge is 2.17. The van der Waals surface area contributed by atoms with Crippen molar-refractivity contribution in [2.45, 2.75) is 59.8 Å². The van der Waals surface area contributed by atoms with Crippen LogP contribution in [0.5, 0.6) is 5.75 Å². The van der Waals surface area contributed by atoms with Gasteiger partial charge in [0, 0.05) is 5.69 Å². The maximum atomic E-state index is 12.5. The molecule has 0 amide bonds. The number of benzene rings is 1. The second-order valence-corrected chi connectivity index (χ2v) is 6.54. The molecule has 130 valence electrons. The van der Waals surface area contributed by atoms with Crippen molar-refractivity contribution in [3.63, 3.8) is 0 Å². The van der Waals surface area contributed by atoms with Crippen molar-refractivity contribution < 1.29 is 9.53 Å². The normalized spacial score (nSPS) is 11.1. The first kappa shape index (κ1) is 18.2. The number of hydrogen-bond donors (Lipinski definition) is 0. The van der Waals surface area contributed by atoms with Gasteiger partial charge in [-0.25, -0.2) is 4.68 Å². The van der Waals surface area contributed by atoms with E-state index in [9.17, 15) is 4.79 Å². The third-order valence-electron chi connectivity index (χ3n) is 4.35. The Morgan fingerprint density at radius 2 is 1.96 bits per heavy atom. The molecule has 2 rings (SSSR count). The van der Waals surface area contributed by atoms with Gasteiger partial charge in [0.15, 0.2) is 6.61 Å². The maximum Gasteiger partial charge on any atom is 0.284 e. The molecular formula is C20H28N2O2. The molecule has 0 fully saturated rings. The monoisotopic (exact) mass is 328 g/mol. The highest BCUT2D eigenvalue weighted by Crippen LogP contribution is 2.26. The summed E-state index contributed by atoms with van der Waals surface area (Å²) < 4.78 is 7.29. The molecule has 1 aromatic heterocycles. The molecule has 0 unspecified atom stereocenters. The summed E-state index contributed by atoms with van der Waals surface area (Å²) in [5, 5.41) is 4.42. The van der Waals surface area contributed by atoms with Gasteiger partial charge in [0.1, 0.15) is 5.75 Å². The summed E-state index contributed by atoms with van der Waals surface area (Å²) in [4.78, 5) is 12.5. The Bertz CT molecular complexity index is 702. The van der Waals surface area contributed by atoms with Crippen LogP contribution in [0, 0.1) is 13.8 Å². The third-order valence-corrected chi connectivity index (χ3v) is 4.35. The summed E-state index contributed by atoms with van der Waals surface area (Å²) in [5.74, 6) is 0.996. The van der Waals surface area contributed by atoms with E-state index in [-0.39, 0.29) is 12.5 Å². The summed E-state index contributed by atoms with van der Waals surface area (Å²) in [5.41, 5.74) is 4.18. The zero-order valence-electron chi connectivity index (χ0n) is 15.4. The van der Waals surface area contributed by atoms with Crippen molar-refractivity contribution >= 4 is 5.91 Å². The largest absolute Gasteiger partial charge is 0.483 e. The van der Waals surface area contributed by atoms with Gasteiger partial charge in [-0.2, -0.15) is 5.10 Å². The Hall–Kier alpha value is -2.10. The summed E-state index contributed by atoms with van der Waals surface area (Å²) in [6.07, 6.45) is 3.21. The highest BCUT2D eigenvalue weighted by atomic mass is 16.5. The summed E-state index contributed by atoms with van der Waals surface area (Å²) >= 11 is 0. The van der Waals surface area contributed by atoms with Gasteiger partial charge in [0.25, 0.3) is 5.91 Å². The van der Waals surface area contributed by atoms with Crippen molar-refractivity contribution in [1.29, 1.82) is 0 Å². The SMILES string of the molecule is CCCCc1c(C)nn(C(=O)COc2ccccc2C(C)C)c1C. The van der Waals surface area contributed by atoms with Gasteiger partial charge in [0.05, 0.1) is 5.69 Å². The van der Waals surface area contributed by atoms with Gasteiger partial charge < -0.3 is 4.74 Å². The minimum atomic E-state index is -0.128. The van der Waals surface area contributed by atoms with E-state index in [0.29, 0.717) is 5.92 Å². The Morgan fingerprint density at radius 3 is 2.62 bits per heavy atom. The number of carbonyl (C=O) groups excluding carboxylic acids is 1. The maximum absolute atomic E-state index is 12.5. The predicted molar refractivity (Wildman–Crippen MR) is 97.0 cm³/mol. The fraction of sp³-hybridized carbons (Fsp3) is 0.500. The van der Waals surface area contributed by atoms with Crippen LogP contribution in [0.1, 0.15) is 66.8 Å². The van der Waals surface area contributed by atoms with Crippen LogP contribution in [-0.2, 0) is 6.42 Å². The van der Waals surface area contributed by atoms with E-state index in [1.165, 1.54) is 10.2 Å². The third kappa shape index (κ3) is 4.05. The molecule has 4 nitrogen and oxygen atoms in total. The molecule has 0 saturated carbocycles. The van der Waals surface area contributed by atoms with Crippen molar-refractivity contribution in [3.8, 4) is 5.75 Å². The zero-order chi connectivity index (χ0) is 17.7. The number of rotatable bonds is 7. The molecule has 0 aliphatic heterocycles. The Morgan fingerprint density at radius 1 is 1.25 bits per heavy atom. The molecule has 0 radical (unpaired) electrons. The van der Waals surface area contributed by atoms with Gasteiger partial charge in [-0.15, -0.1) is 0 Å². The van der Waals surface area contributed by atoms with Crippen LogP contribution in [0.25, 0.3) is 0 Å². The Labute approximate surface area is 144 Å². The average molecular weight is 328 g/mol. The Balaban J connectivity index is 2.11. The number of ether oxygens (including phenoxy) is 1. The van der Waals surface area contributed by atoms with Crippen LogP contribution in [0.4, 0.5) is 0 Å². The van der Waals surface area contributed by atoms with E-state index < -0.39 is 0 Å². The molecule has 0 aliphatic carbocycles. The van der Waals surface area contributed by atoms with E-state index in [1.807, 2.05) is 38.1 Å². The molecule has 0 aliphatic rings. The standard InChI is InChI=1S/C20H28N2O2/c1-6-7-10-18-15(4)21-22(16(18)5)20(23)13-24-19-12-9-8-11-17(19)14(2)3/h8-9,11-12,14H,6-7,10,13H2,1-5H3. The van der Waals surface area contributed by atoms with Crippen LogP contribution in [0.15, 0.2) is 24.3 Å². The molecule has 4 heteroatoms. The number of nitrogens with zero attached hydrogens (tertiary/aromatic N) is 2. The number of para-hydroxylation sites is 1. The zero-order valence-corrected chi connectivity index (χ0v) is 15.4. The summed E-state index contributed by atoms with van der Waals surface area (Å²) in [6.45, 7) is 10.3. The topological polar surface area (TPSA) is 44.1 Å². The number of hydrogen-bond acceptors (Lipinski definition) is 3. The molecule has 0 saturated heterocycles. The first-order valence-corrected chi connectivity index (χ1v) is 8.75. The van der Waals surface area contributed by atoms with Crippen molar-refractivity contribution in [3.05, 3.63) is 46.8 Å². The quantitative estimate of drug-likeness (QED) is 0.741. The van der Waals surface area contributed by atoms with Crippen LogP contribution in [0.2, 0.25) is 0 Å². The van der Waals surface area contributed by atoms with Crippen molar-refractivity contribution in [2.24, 2.45) is 0 Å². The average Bonchev–Trinajstić information content (AvgIpc) is 2.85. The lowest BCUT2D eigenvalue weighted by atomic mass is 10.0. The van der Waals surface area contributed by atoms with Gasteiger partial charge in [-0.3, -0.25) is 4.79 Å². The molecular weight excluding hydrogens is 300 g/mol. The van der Waals surface area contributed by atoms with Crippen molar-refractivity contribution in [1.82, 2.24) is 9.78 Å². The highest BCUT2D eigenvalue weighted by molar-refractivity contribution is 5.80. The van der Waals surface area contributed by atoms with Gasteiger partial charge >= 0.3 is 0 Å².